The molecule has 0 aliphatic carbocycles. The van der Waals surface area contributed by atoms with Crippen LogP contribution in [0.25, 0.3) is 10.6 Å². The molecule has 0 saturated heterocycles. The second-order valence-electron chi connectivity index (χ2n) is 5.96. The van der Waals surface area contributed by atoms with Crippen molar-refractivity contribution in [2.45, 2.75) is 32.9 Å². The van der Waals surface area contributed by atoms with E-state index >= 15 is 0 Å². The second kappa shape index (κ2) is 7.61. The number of amides is 1. The van der Waals surface area contributed by atoms with Crippen LogP contribution in [0.3, 0.4) is 0 Å². The van der Waals surface area contributed by atoms with Gasteiger partial charge in [0, 0.05) is 6.04 Å². The SMILES string of the molecule is CC[C@@H](C)NC(=O)c1cc(-c2cccs2)nn1Cc1ccc(F)cc1. The van der Waals surface area contributed by atoms with Crippen LogP contribution >= 0.6 is 11.3 Å². The predicted molar refractivity (Wildman–Crippen MR) is 98.3 cm³/mol. The summed E-state index contributed by atoms with van der Waals surface area (Å²) in [4.78, 5) is 13.6. The fourth-order valence-corrected chi connectivity index (χ4v) is 3.11. The Kier molecular flexibility index (Phi) is 5.28. The summed E-state index contributed by atoms with van der Waals surface area (Å²) < 4.78 is 14.8. The third-order valence-corrected chi connectivity index (χ3v) is 4.91. The lowest BCUT2D eigenvalue weighted by Gasteiger charge is -2.12. The highest BCUT2D eigenvalue weighted by molar-refractivity contribution is 7.13. The molecule has 6 heteroatoms. The molecule has 0 fully saturated rings. The van der Waals surface area contributed by atoms with Crippen molar-refractivity contribution in [3.63, 3.8) is 0 Å². The van der Waals surface area contributed by atoms with Gasteiger partial charge in [0.1, 0.15) is 17.2 Å². The minimum atomic E-state index is -0.279. The van der Waals surface area contributed by atoms with Crippen LogP contribution in [0.1, 0.15) is 36.3 Å². The molecule has 4 nitrogen and oxygen atoms in total. The van der Waals surface area contributed by atoms with E-state index in [1.54, 1.807) is 28.2 Å². The third-order valence-electron chi connectivity index (χ3n) is 4.02. The number of carbonyl (C=O) groups is 1. The van der Waals surface area contributed by atoms with Crippen molar-refractivity contribution >= 4 is 17.2 Å². The lowest BCUT2D eigenvalue weighted by Crippen LogP contribution is -2.33. The molecule has 1 amide bonds. The summed E-state index contributed by atoms with van der Waals surface area (Å²) in [5, 5.41) is 9.56. The second-order valence-corrected chi connectivity index (χ2v) is 6.91. The fraction of sp³-hybridized carbons (Fsp3) is 0.263. The molecule has 3 rings (SSSR count). The van der Waals surface area contributed by atoms with E-state index in [1.807, 2.05) is 37.4 Å². The first kappa shape index (κ1) is 17.4. The Bertz CT molecular complexity index is 840. The number of halogens is 1. The van der Waals surface area contributed by atoms with Crippen molar-refractivity contribution < 1.29 is 9.18 Å². The van der Waals surface area contributed by atoms with Gasteiger partial charge < -0.3 is 5.32 Å². The van der Waals surface area contributed by atoms with Crippen LogP contribution in [0.15, 0.2) is 47.8 Å². The van der Waals surface area contributed by atoms with Gasteiger partial charge in [-0.3, -0.25) is 9.48 Å². The number of thiophene rings is 1. The Labute approximate surface area is 150 Å². The van der Waals surface area contributed by atoms with Crippen LogP contribution in [-0.4, -0.2) is 21.7 Å². The monoisotopic (exact) mass is 357 g/mol. The standard InChI is InChI=1S/C19H20FN3OS/c1-3-13(2)21-19(24)17-11-16(18-5-4-10-25-18)22-23(17)12-14-6-8-15(20)9-7-14/h4-11,13H,3,12H2,1-2H3,(H,21,24)/t13-/m1/s1. The lowest BCUT2D eigenvalue weighted by molar-refractivity contribution is 0.0929. The topological polar surface area (TPSA) is 46.9 Å². The summed E-state index contributed by atoms with van der Waals surface area (Å²) in [7, 11) is 0. The summed E-state index contributed by atoms with van der Waals surface area (Å²) in [5.74, 6) is -0.426. The van der Waals surface area contributed by atoms with Crippen molar-refractivity contribution in [1.82, 2.24) is 15.1 Å². The highest BCUT2D eigenvalue weighted by atomic mass is 32.1. The summed E-state index contributed by atoms with van der Waals surface area (Å²) in [5.41, 5.74) is 2.17. The number of benzene rings is 1. The van der Waals surface area contributed by atoms with E-state index in [4.69, 9.17) is 0 Å². The van der Waals surface area contributed by atoms with Crippen molar-refractivity contribution in [2.24, 2.45) is 0 Å². The highest BCUT2D eigenvalue weighted by Gasteiger charge is 2.18. The van der Waals surface area contributed by atoms with Crippen molar-refractivity contribution in [1.29, 1.82) is 0 Å². The molecule has 130 valence electrons. The average Bonchev–Trinajstić information content (AvgIpc) is 3.26. The molecule has 1 N–H and O–H groups in total. The number of aromatic nitrogens is 2. The maximum atomic E-state index is 13.1. The van der Waals surface area contributed by atoms with Crippen molar-refractivity contribution in [3.05, 3.63) is 64.9 Å². The van der Waals surface area contributed by atoms with Crippen LogP contribution in [0.5, 0.6) is 0 Å². The molecule has 0 aliphatic heterocycles. The first-order valence-electron chi connectivity index (χ1n) is 8.24. The zero-order valence-corrected chi connectivity index (χ0v) is 15.0. The number of hydrogen-bond donors (Lipinski definition) is 1. The smallest absolute Gasteiger partial charge is 0.269 e. The van der Waals surface area contributed by atoms with Gasteiger partial charge in [0.2, 0.25) is 0 Å². The Morgan fingerprint density at radius 3 is 2.72 bits per heavy atom. The van der Waals surface area contributed by atoms with Gasteiger partial charge in [0.25, 0.3) is 5.91 Å². The number of rotatable bonds is 6. The van der Waals surface area contributed by atoms with E-state index in [9.17, 15) is 9.18 Å². The predicted octanol–water partition coefficient (Wildman–Crippen LogP) is 4.33. The van der Waals surface area contributed by atoms with Crippen molar-refractivity contribution in [2.75, 3.05) is 0 Å². The van der Waals surface area contributed by atoms with Gasteiger partial charge in [-0.25, -0.2) is 4.39 Å². The summed E-state index contributed by atoms with van der Waals surface area (Å²) in [6.07, 6.45) is 0.857. The molecule has 1 aromatic carbocycles. The zero-order valence-electron chi connectivity index (χ0n) is 14.2. The number of nitrogens with one attached hydrogen (secondary N) is 1. The minimum absolute atomic E-state index is 0.0897. The van der Waals surface area contributed by atoms with E-state index in [1.165, 1.54) is 12.1 Å². The van der Waals surface area contributed by atoms with Gasteiger partial charge in [-0.15, -0.1) is 11.3 Å². The molecule has 1 atom stereocenters. The van der Waals surface area contributed by atoms with E-state index in [0.29, 0.717) is 12.2 Å². The fourth-order valence-electron chi connectivity index (χ4n) is 2.43. The molecular weight excluding hydrogens is 337 g/mol. The third kappa shape index (κ3) is 4.14. The Hall–Kier alpha value is -2.47. The molecule has 25 heavy (non-hydrogen) atoms. The number of nitrogens with zero attached hydrogens (tertiary/aromatic N) is 2. The first-order valence-corrected chi connectivity index (χ1v) is 9.12. The maximum absolute atomic E-state index is 13.1. The molecule has 2 heterocycles. The Morgan fingerprint density at radius 2 is 2.08 bits per heavy atom. The van der Waals surface area contributed by atoms with Crippen LogP contribution < -0.4 is 5.32 Å². The van der Waals surface area contributed by atoms with E-state index in [0.717, 1.165) is 22.6 Å². The Morgan fingerprint density at radius 1 is 1.32 bits per heavy atom. The maximum Gasteiger partial charge on any atom is 0.269 e. The van der Waals surface area contributed by atoms with Crippen LogP contribution in [0, 0.1) is 5.82 Å². The van der Waals surface area contributed by atoms with Crippen LogP contribution in [-0.2, 0) is 6.54 Å². The van der Waals surface area contributed by atoms with Gasteiger partial charge in [-0.1, -0.05) is 25.1 Å². The molecular formula is C19H20FN3OS. The zero-order chi connectivity index (χ0) is 17.8. The minimum Gasteiger partial charge on any atom is -0.348 e. The molecule has 0 spiro atoms. The molecule has 3 aromatic rings. The summed E-state index contributed by atoms with van der Waals surface area (Å²) in [6, 6.07) is 12.1. The van der Waals surface area contributed by atoms with Crippen LogP contribution in [0.2, 0.25) is 0 Å². The molecule has 0 aliphatic rings. The number of hydrogen-bond acceptors (Lipinski definition) is 3. The molecule has 0 radical (unpaired) electrons. The Balaban J connectivity index is 1.93. The van der Waals surface area contributed by atoms with Gasteiger partial charge >= 0.3 is 0 Å². The van der Waals surface area contributed by atoms with E-state index < -0.39 is 0 Å². The number of carbonyl (C=O) groups excluding carboxylic acids is 1. The molecule has 2 aromatic heterocycles. The van der Waals surface area contributed by atoms with Crippen LogP contribution in [0.4, 0.5) is 4.39 Å². The van der Waals surface area contributed by atoms with Gasteiger partial charge in [0.15, 0.2) is 0 Å². The summed E-state index contributed by atoms with van der Waals surface area (Å²) >= 11 is 1.58. The lowest BCUT2D eigenvalue weighted by atomic mass is 10.2. The normalized spacial score (nSPS) is 12.1. The van der Waals surface area contributed by atoms with Gasteiger partial charge in [-0.2, -0.15) is 5.10 Å². The summed E-state index contributed by atoms with van der Waals surface area (Å²) in [6.45, 7) is 4.41. The first-order chi connectivity index (χ1) is 12.1. The van der Waals surface area contributed by atoms with Gasteiger partial charge in [0.05, 0.1) is 11.4 Å². The van der Waals surface area contributed by atoms with E-state index in [2.05, 4.69) is 10.4 Å². The molecule has 0 unspecified atom stereocenters. The molecule has 0 saturated carbocycles. The van der Waals surface area contributed by atoms with Crippen molar-refractivity contribution in [3.8, 4) is 10.6 Å². The largest absolute Gasteiger partial charge is 0.348 e. The quantitative estimate of drug-likeness (QED) is 0.714. The average molecular weight is 357 g/mol. The van der Waals surface area contributed by atoms with Gasteiger partial charge in [-0.05, 0) is 48.6 Å². The highest BCUT2D eigenvalue weighted by Crippen LogP contribution is 2.24. The van der Waals surface area contributed by atoms with E-state index in [-0.39, 0.29) is 17.8 Å². The molecule has 0 bridgehead atoms.